The van der Waals surface area contributed by atoms with Crippen LogP contribution in [-0.4, -0.2) is 43.9 Å². The number of anilines is 1. The predicted molar refractivity (Wildman–Crippen MR) is 87.5 cm³/mol. The Kier molecular flexibility index (Phi) is 4.83. The van der Waals surface area contributed by atoms with Gasteiger partial charge >= 0.3 is 0 Å². The van der Waals surface area contributed by atoms with Gasteiger partial charge in [0.15, 0.2) is 11.5 Å². The first-order chi connectivity index (χ1) is 11.2. The van der Waals surface area contributed by atoms with Crippen molar-refractivity contribution in [1.29, 1.82) is 0 Å². The van der Waals surface area contributed by atoms with Crippen molar-refractivity contribution in [3.63, 3.8) is 0 Å². The Morgan fingerprint density at radius 2 is 1.91 bits per heavy atom. The summed E-state index contributed by atoms with van der Waals surface area (Å²) < 4.78 is 16.5. The predicted octanol–water partition coefficient (Wildman–Crippen LogP) is 2.73. The third-order valence-electron chi connectivity index (χ3n) is 3.74. The number of benzene rings is 1. The number of halogens is 1. The van der Waals surface area contributed by atoms with Gasteiger partial charge in [0, 0.05) is 6.54 Å². The van der Waals surface area contributed by atoms with Crippen LogP contribution in [0.15, 0.2) is 30.6 Å². The smallest absolute Gasteiger partial charge is 0.225 e. The molecule has 6 nitrogen and oxygen atoms in total. The summed E-state index contributed by atoms with van der Waals surface area (Å²) in [5.41, 5.74) is 1.03. The molecule has 1 aliphatic rings. The van der Waals surface area contributed by atoms with Gasteiger partial charge in [0.2, 0.25) is 5.95 Å². The van der Waals surface area contributed by atoms with E-state index in [0.717, 1.165) is 12.1 Å². The van der Waals surface area contributed by atoms with Crippen LogP contribution in [0.1, 0.15) is 11.7 Å². The van der Waals surface area contributed by atoms with Gasteiger partial charge in [0.05, 0.1) is 44.8 Å². The highest BCUT2D eigenvalue weighted by Crippen LogP contribution is 2.32. The molecular formula is C16H18ClN3O3. The number of rotatable bonds is 4. The zero-order chi connectivity index (χ0) is 16.2. The van der Waals surface area contributed by atoms with Crippen LogP contribution in [0.3, 0.4) is 0 Å². The molecule has 2 heterocycles. The first-order valence-corrected chi connectivity index (χ1v) is 7.65. The summed E-state index contributed by atoms with van der Waals surface area (Å²) in [4.78, 5) is 10.6. The standard InChI is InChI=1S/C16H18ClN3O3/c1-21-13-4-3-11(7-14(13)22-2)15-10-20(5-6-23-15)16-18-8-12(17)9-19-16/h3-4,7-9,15H,5-6,10H2,1-2H3. The molecule has 0 saturated carbocycles. The number of aromatic nitrogens is 2. The molecule has 1 saturated heterocycles. The summed E-state index contributed by atoms with van der Waals surface area (Å²) in [7, 11) is 3.24. The molecule has 122 valence electrons. The van der Waals surface area contributed by atoms with Crippen LogP contribution in [0, 0.1) is 0 Å². The van der Waals surface area contributed by atoms with Crippen LogP contribution >= 0.6 is 11.6 Å². The number of hydrogen-bond donors (Lipinski definition) is 0. The molecule has 0 aliphatic carbocycles. The Morgan fingerprint density at radius 3 is 2.61 bits per heavy atom. The maximum Gasteiger partial charge on any atom is 0.225 e. The van der Waals surface area contributed by atoms with Crippen LogP contribution in [0.25, 0.3) is 0 Å². The Labute approximate surface area is 140 Å². The van der Waals surface area contributed by atoms with Gasteiger partial charge in [-0.25, -0.2) is 9.97 Å². The molecule has 0 amide bonds. The summed E-state index contributed by atoms with van der Waals surface area (Å²) in [6.45, 7) is 2.01. The molecular weight excluding hydrogens is 318 g/mol. The molecule has 3 rings (SSSR count). The quantitative estimate of drug-likeness (QED) is 0.856. The van der Waals surface area contributed by atoms with Gasteiger partial charge in [-0.1, -0.05) is 17.7 Å². The number of morpholine rings is 1. The lowest BCUT2D eigenvalue weighted by Gasteiger charge is -2.33. The van der Waals surface area contributed by atoms with Crippen molar-refractivity contribution in [2.24, 2.45) is 0 Å². The van der Waals surface area contributed by atoms with E-state index in [9.17, 15) is 0 Å². The molecule has 0 bridgehead atoms. The number of hydrogen-bond acceptors (Lipinski definition) is 6. The number of methoxy groups -OCH3 is 2. The van der Waals surface area contributed by atoms with Crippen molar-refractivity contribution < 1.29 is 14.2 Å². The van der Waals surface area contributed by atoms with Gasteiger partial charge in [-0.15, -0.1) is 0 Å². The van der Waals surface area contributed by atoms with E-state index < -0.39 is 0 Å². The van der Waals surface area contributed by atoms with E-state index in [1.54, 1.807) is 26.6 Å². The molecule has 2 aromatic rings. The zero-order valence-corrected chi connectivity index (χ0v) is 13.8. The average molecular weight is 336 g/mol. The van der Waals surface area contributed by atoms with Crippen LogP contribution in [0.2, 0.25) is 5.02 Å². The van der Waals surface area contributed by atoms with Crippen molar-refractivity contribution in [3.8, 4) is 11.5 Å². The molecule has 0 N–H and O–H groups in total. The monoisotopic (exact) mass is 335 g/mol. The second kappa shape index (κ2) is 7.02. The molecule has 0 spiro atoms. The third-order valence-corrected chi connectivity index (χ3v) is 3.93. The molecule has 1 unspecified atom stereocenters. The van der Waals surface area contributed by atoms with Crippen molar-refractivity contribution in [1.82, 2.24) is 9.97 Å². The third kappa shape index (κ3) is 3.48. The minimum atomic E-state index is -0.0807. The van der Waals surface area contributed by atoms with Gasteiger partial charge in [0.25, 0.3) is 0 Å². The van der Waals surface area contributed by atoms with Crippen LogP contribution in [0.4, 0.5) is 5.95 Å². The SMILES string of the molecule is COc1ccc(C2CN(c3ncc(Cl)cn3)CCO2)cc1OC. The van der Waals surface area contributed by atoms with Crippen LogP contribution < -0.4 is 14.4 Å². The average Bonchev–Trinajstić information content (AvgIpc) is 2.62. The second-order valence-corrected chi connectivity index (χ2v) is 5.56. The summed E-state index contributed by atoms with van der Waals surface area (Å²) in [5.74, 6) is 2.04. The van der Waals surface area contributed by atoms with Crippen molar-refractivity contribution >= 4 is 17.5 Å². The highest BCUT2D eigenvalue weighted by atomic mass is 35.5. The highest BCUT2D eigenvalue weighted by molar-refractivity contribution is 6.30. The zero-order valence-electron chi connectivity index (χ0n) is 13.0. The minimum Gasteiger partial charge on any atom is -0.493 e. The van der Waals surface area contributed by atoms with Gasteiger partial charge in [-0.05, 0) is 17.7 Å². The van der Waals surface area contributed by atoms with Crippen molar-refractivity contribution in [2.75, 3.05) is 38.8 Å². The topological polar surface area (TPSA) is 56.7 Å². The number of ether oxygens (including phenoxy) is 3. The summed E-state index contributed by atoms with van der Waals surface area (Å²) in [5, 5.41) is 0.526. The maximum atomic E-state index is 5.89. The fourth-order valence-corrected chi connectivity index (χ4v) is 2.65. The van der Waals surface area contributed by atoms with Crippen LogP contribution in [0.5, 0.6) is 11.5 Å². The van der Waals surface area contributed by atoms with E-state index in [1.807, 2.05) is 18.2 Å². The molecule has 7 heteroatoms. The fourth-order valence-electron chi connectivity index (χ4n) is 2.55. The van der Waals surface area contributed by atoms with Crippen molar-refractivity contribution in [2.45, 2.75) is 6.10 Å². The van der Waals surface area contributed by atoms with E-state index >= 15 is 0 Å². The van der Waals surface area contributed by atoms with Gasteiger partial charge < -0.3 is 19.1 Å². The van der Waals surface area contributed by atoms with Gasteiger partial charge in [0.1, 0.15) is 6.10 Å². The van der Waals surface area contributed by atoms with Crippen LogP contribution in [-0.2, 0) is 4.74 Å². The Morgan fingerprint density at radius 1 is 1.17 bits per heavy atom. The van der Waals surface area contributed by atoms with E-state index in [0.29, 0.717) is 35.6 Å². The fraction of sp³-hybridized carbons (Fsp3) is 0.375. The minimum absolute atomic E-state index is 0.0807. The first kappa shape index (κ1) is 15.8. The van der Waals surface area contributed by atoms with E-state index in [2.05, 4.69) is 14.9 Å². The molecule has 1 aliphatic heterocycles. The molecule has 1 aromatic heterocycles. The molecule has 1 atom stereocenters. The summed E-state index contributed by atoms with van der Waals surface area (Å²) in [6, 6.07) is 5.81. The Bertz CT molecular complexity index is 666. The molecule has 1 aromatic carbocycles. The Hall–Kier alpha value is -2.05. The first-order valence-electron chi connectivity index (χ1n) is 7.27. The van der Waals surface area contributed by atoms with Gasteiger partial charge in [-0.3, -0.25) is 0 Å². The molecule has 1 fully saturated rings. The molecule has 23 heavy (non-hydrogen) atoms. The Balaban J connectivity index is 1.79. The highest BCUT2D eigenvalue weighted by Gasteiger charge is 2.24. The lowest BCUT2D eigenvalue weighted by molar-refractivity contribution is 0.0390. The number of nitrogens with zero attached hydrogens (tertiary/aromatic N) is 3. The summed E-state index contributed by atoms with van der Waals surface area (Å²) >= 11 is 5.84. The van der Waals surface area contributed by atoms with E-state index in [-0.39, 0.29) is 6.10 Å². The largest absolute Gasteiger partial charge is 0.493 e. The summed E-state index contributed by atoms with van der Waals surface area (Å²) in [6.07, 6.45) is 3.12. The lowest BCUT2D eigenvalue weighted by Crippen LogP contribution is -2.39. The van der Waals surface area contributed by atoms with Gasteiger partial charge in [-0.2, -0.15) is 0 Å². The second-order valence-electron chi connectivity index (χ2n) is 5.12. The lowest BCUT2D eigenvalue weighted by atomic mass is 10.1. The normalized spacial score (nSPS) is 17.9. The molecule has 0 radical (unpaired) electrons. The maximum absolute atomic E-state index is 5.89. The van der Waals surface area contributed by atoms with E-state index in [1.165, 1.54) is 0 Å². The van der Waals surface area contributed by atoms with E-state index in [4.69, 9.17) is 25.8 Å². The van der Waals surface area contributed by atoms with Crippen molar-refractivity contribution in [3.05, 3.63) is 41.2 Å².